The second kappa shape index (κ2) is 4.13. The van der Waals surface area contributed by atoms with Gasteiger partial charge in [0.25, 0.3) is 0 Å². The average molecular weight is 205 g/mol. The molecule has 1 aromatic rings. The Balaban J connectivity index is 2.23. The van der Waals surface area contributed by atoms with Gasteiger partial charge in [-0.15, -0.1) is 0 Å². The van der Waals surface area contributed by atoms with Crippen molar-refractivity contribution >= 4 is 5.69 Å². The standard InChI is InChI=1S/C13H19NO/c1-4-10-7-11(14(2)3)9-13(8-10)15-12-5-6-12/h7-9,12H,4-6H2,1-3H3. The van der Waals surface area contributed by atoms with Crippen molar-refractivity contribution in [2.24, 2.45) is 0 Å². The van der Waals surface area contributed by atoms with Crippen LogP contribution >= 0.6 is 0 Å². The summed E-state index contributed by atoms with van der Waals surface area (Å²) in [5.41, 5.74) is 2.57. The van der Waals surface area contributed by atoms with Crippen LogP contribution in [-0.4, -0.2) is 20.2 Å². The van der Waals surface area contributed by atoms with E-state index in [1.807, 2.05) is 0 Å². The van der Waals surface area contributed by atoms with Crippen LogP contribution in [0, 0.1) is 0 Å². The van der Waals surface area contributed by atoms with Gasteiger partial charge in [-0.2, -0.15) is 0 Å². The molecule has 2 nitrogen and oxygen atoms in total. The van der Waals surface area contributed by atoms with Crippen molar-refractivity contribution in [2.75, 3.05) is 19.0 Å². The lowest BCUT2D eigenvalue weighted by Gasteiger charge is -2.16. The molecule has 1 saturated carbocycles. The molecule has 0 N–H and O–H groups in total. The number of aryl methyl sites for hydroxylation is 1. The van der Waals surface area contributed by atoms with Gasteiger partial charge in [-0.1, -0.05) is 6.92 Å². The predicted molar refractivity (Wildman–Crippen MR) is 63.8 cm³/mol. The molecule has 1 aliphatic rings. The Bertz CT molecular complexity index is 342. The molecule has 0 atom stereocenters. The maximum atomic E-state index is 5.83. The van der Waals surface area contributed by atoms with Gasteiger partial charge in [0.2, 0.25) is 0 Å². The largest absolute Gasteiger partial charge is 0.490 e. The lowest BCUT2D eigenvalue weighted by molar-refractivity contribution is 0.303. The van der Waals surface area contributed by atoms with E-state index >= 15 is 0 Å². The highest BCUT2D eigenvalue weighted by Gasteiger charge is 2.23. The highest BCUT2D eigenvalue weighted by Crippen LogP contribution is 2.30. The zero-order valence-corrected chi connectivity index (χ0v) is 9.79. The van der Waals surface area contributed by atoms with Crippen LogP contribution in [0.2, 0.25) is 0 Å². The molecule has 1 fully saturated rings. The van der Waals surface area contributed by atoms with Crippen LogP contribution in [0.5, 0.6) is 5.75 Å². The van der Waals surface area contributed by atoms with Gasteiger partial charge in [0.15, 0.2) is 0 Å². The number of anilines is 1. The quantitative estimate of drug-likeness (QED) is 0.749. The van der Waals surface area contributed by atoms with E-state index in [1.54, 1.807) is 0 Å². The second-order valence-corrected chi connectivity index (χ2v) is 4.40. The molecule has 0 unspecified atom stereocenters. The van der Waals surface area contributed by atoms with Crippen molar-refractivity contribution < 1.29 is 4.74 Å². The lowest BCUT2D eigenvalue weighted by Crippen LogP contribution is -2.09. The van der Waals surface area contributed by atoms with Gasteiger partial charge in [0, 0.05) is 25.8 Å². The molecule has 0 saturated heterocycles. The summed E-state index contributed by atoms with van der Waals surface area (Å²) in [5.74, 6) is 1.03. The van der Waals surface area contributed by atoms with E-state index in [9.17, 15) is 0 Å². The fourth-order valence-electron chi connectivity index (χ4n) is 1.55. The van der Waals surface area contributed by atoms with Crippen LogP contribution in [0.15, 0.2) is 18.2 Å². The molecule has 0 heterocycles. The Morgan fingerprint density at radius 1 is 1.27 bits per heavy atom. The van der Waals surface area contributed by atoms with Gasteiger partial charge in [-0.25, -0.2) is 0 Å². The molecule has 82 valence electrons. The van der Waals surface area contributed by atoms with Crippen LogP contribution in [0.4, 0.5) is 5.69 Å². The van der Waals surface area contributed by atoms with Gasteiger partial charge in [-0.05, 0) is 37.0 Å². The van der Waals surface area contributed by atoms with Crippen LogP contribution in [0.25, 0.3) is 0 Å². The normalized spacial score (nSPS) is 15.1. The fraction of sp³-hybridized carbons (Fsp3) is 0.538. The minimum absolute atomic E-state index is 0.479. The minimum atomic E-state index is 0.479. The van der Waals surface area contributed by atoms with E-state index in [2.05, 4.69) is 44.1 Å². The SMILES string of the molecule is CCc1cc(OC2CC2)cc(N(C)C)c1. The highest BCUT2D eigenvalue weighted by molar-refractivity contribution is 5.52. The maximum Gasteiger partial charge on any atom is 0.122 e. The van der Waals surface area contributed by atoms with Crippen LogP contribution < -0.4 is 9.64 Å². The van der Waals surface area contributed by atoms with Crippen molar-refractivity contribution in [1.29, 1.82) is 0 Å². The van der Waals surface area contributed by atoms with E-state index in [0.717, 1.165) is 12.2 Å². The monoisotopic (exact) mass is 205 g/mol. The first kappa shape index (κ1) is 10.3. The van der Waals surface area contributed by atoms with Gasteiger partial charge < -0.3 is 9.64 Å². The van der Waals surface area contributed by atoms with Gasteiger partial charge in [0.1, 0.15) is 5.75 Å². The summed E-state index contributed by atoms with van der Waals surface area (Å²) in [7, 11) is 4.13. The Hall–Kier alpha value is -1.18. The molecular weight excluding hydrogens is 186 g/mol. The molecule has 0 bridgehead atoms. The molecule has 0 amide bonds. The summed E-state index contributed by atoms with van der Waals surface area (Å²) in [6.45, 7) is 2.18. The first-order valence-electron chi connectivity index (χ1n) is 5.67. The molecule has 2 heteroatoms. The topological polar surface area (TPSA) is 12.5 Å². The fourth-order valence-corrected chi connectivity index (χ4v) is 1.55. The summed E-state index contributed by atoms with van der Waals surface area (Å²) in [4.78, 5) is 2.12. The number of hydrogen-bond acceptors (Lipinski definition) is 2. The number of nitrogens with zero attached hydrogens (tertiary/aromatic N) is 1. The molecule has 0 spiro atoms. The van der Waals surface area contributed by atoms with E-state index < -0.39 is 0 Å². The van der Waals surface area contributed by atoms with Crippen LogP contribution in [-0.2, 0) is 6.42 Å². The summed E-state index contributed by atoms with van der Waals surface area (Å²) in [6, 6.07) is 6.50. The van der Waals surface area contributed by atoms with Crippen LogP contribution in [0.1, 0.15) is 25.3 Å². The second-order valence-electron chi connectivity index (χ2n) is 4.40. The molecular formula is C13H19NO. The first-order chi connectivity index (χ1) is 7.19. The number of hydrogen-bond donors (Lipinski definition) is 0. The molecule has 0 aliphatic heterocycles. The number of benzene rings is 1. The van der Waals surface area contributed by atoms with E-state index in [4.69, 9.17) is 4.74 Å². The van der Waals surface area contributed by atoms with Crippen LogP contribution in [0.3, 0.4) is 0 Å². The Kier molecular flexibility index (Phi) is 2.85. The average Bonchev–Trinajstić information content (AvgIpc) is 3.01. The molecule has 15 heavy (non-hydrogen) atoms. The van der Waals surface area contributed by atoms with Crippen molar-refractivity contribution in [3.05, 3.63) is 23.8 Å². The third kappa shape index (κ3) is 2.65. The molecule has 1 aromatic carbocycles. The molecule has 2 rings (SSSR count). The minimum Gasteiger partial charge on any atom is -0.490 e. The smallest absolute Gasteiger partial charge is 0.122 e. The van der Waals surface area contributed by atoms with E-state index in [1.165, 1.54) is 24.1 Å². The van der Waals surface area contributed by atoms with Gasteiger partial charge >= 0.3 is 0 Å². The predicted octanol–water partition coefficient (Wildman–Crippen LogP) is 2.86. The lowest BCUT2D eigenvalue weighted by atomic mass is 10.1. The Morgan fingerprint density at radius 3 is 2.53 bits per heavy atom. The van der Waals surface area contributed by atoms with Crippen molar-refractivity contribution in [2.45, 2.75) is 32.3 Å². The summed E-state index contributed by atoms with van der Waals surface area (Å²) in [6.07, 6.45) is 3.97. The highest BCUT2D eigenvalue weighted by atomic mass is 16.5. The van der Waals surface area contributed by atoms with Crippen molar-refractivity contribution in [3.8, 4) is 5.75 Å². The molecule has 0 radical (unpaired) electrons. The number of ether oxygens (including phenoxy) is 1. The number of rotatable bonds is 4. The Morgan fingerprint density at radius 2 is 2.00 bits per heavy atom. The summed E-state index contributed by atoms with van der Waals surface area (Å²) < 4.78 is 5.83. The Labute approximate surface area is 91.9 Å². The molecule has 0 aromatic heterocycles. The van der Waals surface area contributed by atoms with E-state index in [0.29, 0.717) is 6.10 Å². The van der Waals surface area contributed by atoms with Crippen molar-refractivity contribution in [3.63, 3.8) is 0 Å². The maximum absolute atomic E-state index is 5.83. The molecule has 1 aliphatic carbocycles. The van der Waals surface area contributed by atoms with E-state index in [-0.39, 0.29) is 0 Å². The first-order valence-corrected chi connectivity index (χ1v) is 5.67. The zero-order chi connectivity index (χ0) is 10.8. The zero-order valence-electron chi connectivity index (χ0n) is 9.79. The van der Waals surface area contributed by atoms with Crippen molar-refractivity contribution in [1.82, 2.24) is 0 Å². The summed E-state index contributed by atoms with van der Waals surface area (Å²) >= 11 is 0. The third-order valence-electron chi connectivity index (χ3n) is 2.70. The summed E-state index contributed by atoms with van der Waals surface area (Å²) in [5, 5.41) is 0. The van der Waals surface area contributed by atoms with Gasteiger partial charge in [0.05, 0.1) is 6.10 Å². The van der Waals surface area contributed by atoms with Gasteiger partial charge in [-0.3, -0.25) is 0 Å². The third-order valence-corrected chi connectivity index (χ3v) is 2.70.